The van der Waals surface area contributed by atoms with E-state index in [1.54, 1.807) is 0 Å². The number of ether oxygens (including phenoxy) is 3. The fourth-order valence-electron chi connectivity index (χ4n) is 2.51. The average molecular weight is 354 g/mol. The van der Waals surface area contributed by atoms with Gasteiger partial charge in [-0.15, -0.1) is 0 Å². The second kappa shape index (κ2) is 8.30. The minimum Gasteiger partial charge on any atom is -0.502 e. The van der Waals surface area contributed by atoms with Gasteiger partial charge in [-0.1, -0.05) is 6.08 Å². The molecule has 4 atom stereocenters. The summed E-state index contributed by atoms with van der Waals surface area (Å²) >= 11 is 0. The molecule has 8 heteroatoms. The number of aromatic hydroxyl groups is 1. The second-order valence-electron chi connectivity index (χ2n) is 5.70. The average Bonchev–Trinajstić information content (AvgIpc) is 2.61. The van der Waals surface area contributed by atoms with Crippen molar-refractivity contribution in [3.8, 4) is 17.2 Å². The lowest BCUT2D eigenvalue weighted by molar-refractivity contribution is -0.188. The Kier molecular flexibility index (Phi) is 6.38. The van der Waals surface area contributed by atoms with Gasteiger partial charge in [0.05, 0.1) is 26.9 Å². The Hall–Kier alpha value is -2.13. The highest BCUT2D eigenvalue weighted by Crippen LogP contribution is 2.37. The number of rotatable bonds is 6. The first-order valence-electron chi connectivity index (χ1n) is 7.69. The Bertz CT molecular complexity index is 617. The van der Waals surface area contributed by atoms with Crippen molar-refractivity contribution in [1.82, 2.24) is 0 Å². The molecule has 1 aromatic carbocycles. The zero-order chi connectivity index (χ0) is 18.6. The number of methoxy groups -OCH3 is 2. The molecule has 1 unspecified atom stereocenters. The van der Waals surface area contributed by atoms with Crippen molar-refractivity contribution in [1.29, 1.82) is 0 Å². The summed E-state index contributed by atoms with van der Waals surface area (Å²) in [5, 5.41) is 38.7. The highest BCUT2D eigenvalue weighted by molar-refractivity contribution is 5.94. The summed E-state index contributed by atoms with van der Waals surface area (Å²) in [5.41, 5.74) is 0.570. The lowest BCUT2D eigenvalue weighted by atomic mass is 9.96. The number of aliphatic hydroxyl groups excluding tert-OH is 3. The lowest BCUT2D eigenvalue weighted by Crippen LogP contribution is -2.53. The minimum absolute atomic E-state index is 0.139. The Morgan fingerprint density at radius 2 is 1.80 bits per heavy atom. The van der Waals surface area contributed by atoms with Crippen molar-refractivity contribution in [2.24, 2.45) is 0 Å². The van der Waals surface area contributed by atoms with Crippen LogP contribution >= 0.6 is 0 Å². The predicted molar refractivity (Wildman–Crippen MR) is 87.6 cm³/mol. The van der Waals surface area contributed by atoms with E-state index in [1.807, 2.05) is 0 Å². The molecule has 1 heterocycles. The van der Waals surface area contributed by atoms with Crippen LogP contribution < -0.4 is 9.47 Å². The van der Waals surface area contributed by atoms with Crippen molar-refractivity contribution in [3.63, 3.8) is 0 Å². The normalized spacial score (nSPS) is 26.6. The molecule has 1 fully saturated rings. The second-order valence-corrected chi connectivity index (χ2v) is 5.70. The standard InChI is InChI=1S/C17H22O8/c1-23-12-5-9(6-13(24-2)16(12)21)3-4-10(18)7-14-17(22)15(20)11(19)8-25-14/h3-6,11,14-15,17,19-22H,7-8H2,1-2H3/b4-3+/t11-,14?,15+,17+/m1/s1. The van der Waals surface area contributed by atoms with E-state index >= 15 is 0 Å². The molecule has 0 amide bonds. The third-order valence-corrected chi connectivity index (χ3v) is 3.97. The van der Waals surface area contributed by atoms with E-state index in [2.05, 4.69) is 0 Å². The molecule has 4 N–H and O–H groups in total. The summed E-state index contributed by atoms with van der Waals surface area (Å²) in [6, 6.07) is 3.07. The maximum atomic E-state index is 12.1. The number of hydrogen-bond donors (Lipinski definition) is 4. The summed E-state index contributed by atoms with van der Waals surface area (Å²) in [7, 11) is 2.79. The van der Waals surface area contributed by atoms with Crippen LogP contribution in [0, 0.1) is 0 Å². The number of phenols is 1. The van der Waals surface area contributed by atoms with Gasteiger partial charge in [-0.3, -0.25) is 4.79 Å². The Balaban J connectivity index is 2.05. The van der Waals surface area contributed by atoms with Gasteiger partial charge in [0.1, 0.15) is 18.3 Å². The van der Waals surface area contributed by atoms with Crippen LogP contribution in [0.15, 0.2) is 18.2 Å². The SMILES string of the molecule is COc1cc(/C=C/C(=O)CC2OC[C@@H](O)[C@H](O)[C@H]2O)cc(OC)c1O. The van der Waals surface area contributed by atoms with E-state index in [-0.39, 0.29) is 36.1 Å². The molecule has 0 aromatic heterocycles. The van der Waals surface area contributed by atoms with Gasteiger partial charge in [0.15, 0.2) is 17.3 Å². The molecule has 0 spiro atoms. The molecule has 1 aliphatic heterocycles. The van der Waals surface area contributed by atoms with Gasteiger partial charge in [-0.25, -0.2) is 0 Å². The molecule has 2 rings (SSSR count). The van der Waals surface area contributed by atoms with Crippen LogP contribution in [0.1, 0.15) is 12.0 Å². The number of phenolic OH excluding ortho intramolecular Hbond substituents is 1. The molecule has 0 bridgehead atoms. The summed E-state index contributed by atoms with van der Waals surface area (Å²) in [4.78, 5) is 12.1. The molecule has 1 saturated heterocycles. The number of benzene rings is 1. The zero-order valence-corrected chi connectivity index (χ0v) is 14.0. The van der Waals surface area contributed by atoms with Gasteiger partial charge in [0.25, 0.3) is 0 Å². The van der Waals surface area contributed by atoms with Crippen LogP contribution in [0.4, 0.5) is 0 Å². The first-order chi connectivity index (χ1) is 11.9. The maximum absolute atomic E-state index is 12.1. The summed E-state index contributed by atoms with van der Waals surface area (Å²) < 4.78 is 15.3. The molecule has 0 aliphatic carbocycles. The number of allylic oxidation sites excluding steroid dienone is 1. The van der Waals surface area contributed by atoms with Crippen molar-refractivity contribution in [2.45, 2.75) is 30.8 Å². The number of carbonyl (C=O) groups is 1. The summed E-state index contributed by atoms with van der Waals surface area (Å²) in [5.74, 6) is -0.0670. The van der Waals surface area contributed by atoms with Gasteiger partial charge in [-0.05, 0) is 23.8 Å². The largest absolute Gasteiger partial charge is 0.502 e. The van der Waals surface area contributed by atoms with Crippen molar-refractivity contribution >= 4 is 11.9 Å². The Morgan fingerprint density at radius 3 is 2.36 bits per heavy atom. The minimum atomic E-state index is -1.35. The number of carbonyl (C=O) groups excluding carboxylic acids is 1. The fraction of sp³-hybridized carbons (Fsp3) is 0.471. The topological polar surface area (TPSA) is 126 Å². The van der Waals surface area contributed by atoms with E-state index in [0.29, 0.717) is 5.56 Å². The molecular weight excluding hydrogens is 332 g/mol. The van der Waals surface area contributed by atoms with E-state index in [0.717, 1.165) is 0 Å². The Morgan fingerprint density at radius 1 is 1.20 bits per heavy atom. The van der Waals surface area contributed by atoms with E-state index < -0.39 is 24.4 Å². The number of aliphatic hydroxyl groups is 3. The fourth-order valence-corrected chi connectivity index (χ4v) is 2.51. The van der Waals surface area contributed by atoms with Crippen molar-refractivity contribution < 1.29 is 39.4 Å². The molecule has 0 saturated carbocycles. The molecule has 1 aromatic rings. The number of ketones is 1. The maximum Gasteiger partial charge on any atom is 0.200 e. The third kappa shape index (κ3) is 4.49. The van der Waals surface area contributed by atoms with Crippen LogP contribution in [0.3, 0.4) is 0 Å². The summed E-state index contributed by atoms with van der Waals surface area (Å²) in [6.45, 7) is -0.147. The molecular formula is C17H22O8. The van der Waals surface area contributed by atoms with Gasteiger partial charge >= 0.3 is 0 Å². The van der Waals surface area contributed by atoms with Crippen LogP contribution in [-0.2, 0) is 9.53 Å². The van der Waals surface area contributed by atoms with Gasteiger partial charge < -0.3 is 34.6 Å². The molecule has 8 nitrogen and oxygen atoms in total. The van der Waals surface area contributed by atoms with Gasteiger partial charge in [0, 0.05) is 6.42 Å². The monoisotopic (exact) mass is 354 g/mol. The first-order valence-corrected chi connectivity index (χ1v) is 7.69. The van der Waals surface area contributed by atoms with E-state index in [1.165, 1.54) is 38.5 Å². The molecule has 1 aliphatic rings. The first kappa shape index (κ1) is 19.2. The highest BCUT2D eigenvalue weighted by Gasteiger charge is 2.37. The van der Waals surface area contributed by atoms with Crippen LogP contribution in [0.25, 0.3) is 6.08 Å². The van der Waals surface area contributed by atoms with E-state index in [4.69, 9.17) is 14.2 Å². The predicted octanol–water partition coefficient (Wildman–Crippen LogP) is -0.137. The van der Waals surface area contributed by atoms with Crippen molar-refractivity contribution in [2.75, 3.05) is 20.8 Å². The van der Waals surface area contributed by atoms with Crippen molar-refractivity contribution in [3.05, 3.63) is 23.8 Å². The zero-order valence-electron chi connectivity index (χ0n) is 14.0. The molecule has 25 heavy (non-hydrogen) atoms. The van der Waals surface area contributed by atoms with Crippen LogP contribution in [0.5, 0.6) is 17.2 Å². The Labute approximate surface area is 144 Å². The molecule has 0 radical (unpaired) electrons. The highest BCUT2D eigenvalue weighted by atomic mass is 16.5. The van der Waals surface area contributed by atoms with Crippen LogP contribution in [-0.4, -0.2) is 71.5 Å². The molecule has 138 valence electrons. The summed E-state index contributed by atoms with van der Waals surface area (Å²) in [6.07, 6.45) is -2.09. The van der Waals surface area contributed by atoms with Crippen LogP contribution in [0.2, 0.25) is 0 Å². The lowest BCUT2D eigenvalue weighted by Gasteiger charge is -2.34. The van der Waals surface area contributed by atoms with Gasteiger partial charge in [0.2, 0.25) is 5.75 Å². The smallest absolute Gasteiger partial charge is 0.200 e. The van der Waals surface area contributed by atoms with E-state index in [9.17, 15) is 25.2 Å². The van der Waals surface area contributed by atoms with Gasteiger partial charge in [-0.2, -0.15) is 0 Å². The number of hydrogen-bond acceptors (Lipinski definition) is 8. The quantitative estimate of drug-likeness (QED) is 0.520. The third-order valence-electron chi connectivity index (χ3n) is 3.97.